The average Bonchev–Trinajstić information content (AvgIpc) is 2.81. The lowest BCUT2D eigenvalue weighted by Crippen LogP contribution is -2.39. The summed E-state index contributed by atoms with van der Waals surface area (Å²) in [5.41, 5.74) is 0.823. The molecule has 1 N–H and O–H groups in total. The third-order valence-electron chi connectivity index (χ3n) is 3.63. The van der Waals surface area contributed by atoms with E-state index in [-0.39, 0.29) is 5.41 Å². The second kappa shape index (κ2) is 5.97. The lowest BCUT2D eigenvalue weighted by molar-refractivity contribution is 0.148. The van der Waals surface area contributed by atoms with Crippen LogP contribution in [0.1, 0.15) is 25.8 Å². The van der Waals surface area contributed by atoms with E-state index in [1.165, 1.54) is 12.1 Å². The molecule has 0 amide bonds. The summed E-state index contributed by atoms with van der Waals surface area (Å²) in [6, 6.07) is 4.56. The molecule has 1 aromatic rings. The predicted molar refractivity (Wildman–Crippen MR) is 71.1 cm³/mol. The largest absolute Gasteiger partial charge is 0.381 e. The van der Waals surface area contributed by atoms with Crippen molar-refractivity contribution in [3.63, 3.8) is 0 Å². The van der Waals surface area contributed by atoms with Gasteiger partial charge in [0.05, 0.1) is 6.61 Å². The third kappa shape index (κ3) is 3.74. The minimum atomic E-state index is -0.791. The van der Waals surface area contributed by atoms with Crippen LogP contribution in [0.3, 0.4) is 0 Å². The van der Waals surface area contributed by atoms with Crippen molar-refractivity contribution >= 4 is 0 Å². The second-order valence-electron chi connectivity index (χ2n) is 5.76. The molecule has 19 heavy (non-hydrogen) atoms. The summed E-state index contributed by atoms with van der Waals surface area (Å²) in [6.45, 7) is 6.45. The van der Waals surface area contributed by atoms with Crippen LogP contribution in [0.5, 0.6) is 0 Å². The molecule has 2 rings (SSSR count). The summed E-state index contributed by atoms with van der Waals surface area (Å²) < 4.78 is 31.7. The molecule has 1 aliphatic rings. The van der Waals surface area contributed by atoms with Gasteiger partial charge in [0.25, 0.3) is 0 Å². The van der Waals surface area contributed by atoms with Crippen LogP contribution < -0.4 is 5.32 Å². The highest BCUT2D eigenvalue weighted by atomic mass is 19.2. The Morgan fingerprint density at radius 2 is 2.11 bits per heavy atom. The molecule has 1 unspecified atom stereocenters. The van der Waals surface area contributed by atoms with Crippen molar-refractivity contribution in [1.29, 1.82) is 0 Å². The van der Waals surface area contributed by atoms with Crippen LogP contribution in [0, 0.1) is 17.0 Å². The molecule has 0 aliphatic carbocycles. The Kier molecular flexibility index (Phi) is 4.53. The summed E-state index contributed by atoms with van der Waals surface area (Å²) in [7, 11) is 0. The molecule has 1 atom stereocenters. The van der Waals surface area contributed by atoms with Crippen LogP contribution in [-0.4, -0.2) is 25.8 Å². The standard InChI is InChI=1S/C15H21F2NO/c1-11(2)18-9-15(5-6-19-10-15)8-12-3-4-13(16)14(17)7-12/h3-4,7,11,18H,5-6,8-10H2,1-2H3. The maximum absolute atomic E-state index is 13.3. The van der Waals surface area contributed by atoms with Gasteiger partial charge >= 0.3 is 0 Å². The first-order valence-electron chi connectivity index (χ1n) is 6.76. The summed E-state index contributed by atoms with van der Waals surface area (Å²) in [5, 5.41) is 3.43. The Morgan fingerprint density at radius 3 is 2.68 bits per heavy atom. The highest BCUT2D eigenvalue weighted by Crippen LogP contribution is 2.32. The summed E-state index contributed by atoms with van der Waals surface area (Å²) in [6.07, 6.45) is 1.66. The van der Waals surface area contributed by atoms with E-state index in [2.05, 4.69) is 19.2 Å². The molecule has 1 aromatic carbocycles. The van der Waals surface area contributed by atoms with Crippen molar-refractivity contribution in [1.82, 2.24) is 5.32 Å². The molecule has 1 saturated heterocycles. The lowest BCUT2D eigenvalue weighted by Gasteiger charge is -2.29. The van der Waals surface area contributed by atoms with Crippen LogP contribution in [0.15, 0.2) is 18.2 Å². The van der Waals surface area contributed by atoms with E-state index in [1.807, 2.05) is 0 Å². The minimum Gasteiger partial charge on any atom is -0.381 e. The van der Waals surface area contributed by atoms with Crippen LogP contribution in [-0.2, 0) is 11.2 Å². The Labute approximate surface area is 113 Å². The number of halogens is 2. The smallest absolute Gasteiger partial charge is 0.159 e. The Bertz CT molecular complexity index is 428. The van der Waals surface area contributed by atoms with Crippen molar-refractivity contribution in [3.05, 3.63) is 35.4 Å². The van der Waals surface area contributed by atoms with E-state index < -0.39 is 11.6 Å². The monoisotopic (exact) mass is 269 g/mol. The fourth-order valence-corrected chi connectivity index (χ4v) is 2.49. The molecule has 2 nitrogen and oxygen atoms in total. The fourth-order valence-electron chi connectivity index (χ4n) is 2.49. The number of hydrogen-bond donors (Lipinski definition) is 1. The van der Waals surface area contributed by atoms with Gasteiger partial charge in [0, 0.05) is 24.6 Å². The van der Waals surface area contributed by atoms with Crippen LogP contribution in [0.25, 0.3) is 0 Å². The number of ether oxygens (including phenoxy) is 1. The van der Waals surface area contributed by atoms with Crippen LogP contribution in [0.4, 0.5) is 8.78 Å². The van der Waals surface area contributed by atoms with E-state index in [4.69, 9.17) is 4.74 Å². The van der Waals surface area contributed by atoms with Gasteiger partial charge in [-0.25, -0.2) is 8.78 Å². The SMILES string of the molecule is CC(C)NCC1(Cc2ccc(F)c(F)c2)CCOC1. The van der Waals surface area contributed by atoms with E-state index >= 15 is 0 Å². The Hall–Kier alpha value is -1.00. The topological polar surface area (TPSA) is 21.3 Å². The van der Waals surface area contributed by atoms with Gasteiger partial charge in [-0.15, -0.1) is 0 Å². The number of benzene rings is 1. The zero-order chi connectivity index (χ0) is 13.9. The molecule has 4 heteroatoms. The highest BCUT2D eigenvalue weighted by molar-refractivity contribution is 5.20. The van der Waals surface area contributed by atoms with Crippen LogP contribution >= 0.6 is 0 Å². The quantitative estimate of drug-likeness (QED) is 0.887. The molecule has 0 bridgehead atoms. The number of hydrogen-bond acceptors (Lipinski definition) is 2. The van der Waals surface area contributed by atoms with Crippen LogP contribution in [0.2, 0.25) is 0 Å². The molecule has 0 aromatic heterocycles. The van der Waals surface area contributed by atoms with Crippen molar-refractivity contribution in [2.24, 2.45) is 5.41 Å². The van der Waals surface area contributed by atoms with Gasteiger partial charge in [-0.1, -0.05) is 19.9 Å². The second-order valence-corrected chi connectivity index (χ2v) is 5.76. The summed E-state index contributed by atoms with van der Waals surface area (Å²) in [4.78, 5) is 0. The summed E-state index contributed by atoms with van der Waals surface area (Å²) in [5.74, 6) is -1.57. The van der Waals surface area contributed by atoms with Gasteiger partial charge in [0.1, 0.15) is 0 Å². The van der Waals surface area contributed by atoms with E-state index in [0.29, 0.717) is 19.1 Å². The molecular formula is C15H21F2NO. The first-order valence-corrected chi connectivity index (χ1v) is 6.76. The van der Waals surface area contributed by atoms with E-state index in [1.54, 1.807) is 6.07 Å². The zero-order valence-corrected chi connectivity index (χ0v) is 11.5. The predicted octanol–water partition coefficient (Wildman–Crippen LogP) is 2.91. The number of nitrogens with one attached hydrogen (secondary N) is 1. The van der Waals surface area contributed by atoms with Crippen molar-refractivity contribution < 1.29 is 13.5 Å². The fraction of sp³-hybridized carbons (Fsp3) is 0.600. The Morgan fingerprint density at radius 1 is 1.32 bits per heavy atom. The number of rotatable bonds is 5. The van der Waals surface area contributed by atoms with Gasteiger partial charge in [-0.2, -0.15) is 0 Å². The van der Waals surface area contributed by atoms with Gasteiger partial charge in [0.15, 0.2) is 11.6 Å². The molecule has 106 valence electrons. The first-order chi connectivity index (χ1) is 9.01. The van der Waals surface area contributed by atoms with E-state index in [0.717, 1.165) is 25.1 Å². The Balaban J connectivity index is 2.09. The van der Waals surface area contributed by atoms with Gasteiger partial charge in [-0.05, 0) is 30.5 Å². The molecule has 0 saturated carbocycles. The van der Waals surface area contributed by atoms with Crippen molar-refractivity contribution in [3.8, 4) is 0 Å². The molecule has 0 radical (unpaired) electrons. The molecule has 1 aliphatic heterocycles. The van der Waals surface area contributed by atoms with Crippen molar-refractivity contribution in [2.75, 3.05) is 19.8 Å². The van der Waals surface area contributed by atoms with Gasteiger partial charge in [-0.3, -0.25) is 0 Å². The molecule has 0 spiro atoms. The average molecular weight is 269 g/mol. The lowest BCUT2D eigenvalue weighted by atomic mass is 9.80. The first kappa shape index (κ1) is 14.4. The summed E-state index contributed by atoms with van der Waals surface area (Å²) >= 11 is 0. The maximum atomic E-state index is 13.3. The maximum Gasteiger partial charge on any atom is 0.159 e. The van der Waals surface area contributed by atoms with E-state index in [9.17, 15) is 8.78 Å². The molecule has 1 fully saturated rings. The van der Waals surface area contributed by atoms with Crippen molar-refractivity contribution in [2.45, 2.75) is 32.7 Å². The molecule has 1 heterocycles. The van der Waals surface area contributed by atoms with Gasteiger partial charge < -0.3 is 10.1 Å². The zero-order valence-electron chi connectivity index (χ0n) is 11.5. The normalized spacial score (nSPS) is 23.2. The highest BCUT2D eigenvalue weighted by Gasteiger charge is 2.35. The molecular weight excluding hydrogens is 248 g/mol. The third-order valence-corrected chi connectivity index (χ3v) is 3.63. The van der Waals surface area contributed by atoms with Gasteiger partial charge in [0.2, 0.25) is 0 Å². The minimum absolute atomic E-state index is 0.00542.